The topological polar surface area (TPSA) is 102 Å². The lowest BCUT2D eigenvalue weighted by atomic mass is 9.76. The second-order valence-corrected chi connectivity index (χ2v) is 16.9. The quantitative estimate of drug-likeness (QED) is 0.130. The average Bonchev–Trinajstić information content (AvgIpc) is 3.14. The Bertz CT molecular complexity index is 1510. The molecule has 0 N–H and O–H groups in total. The van der Waals surface area contributed by atoms with Crippen LogP contribution in [0.5, 0.6) is 0 Å². The lowest BCUT2D eigenvalue weighted by molar-refractivity contribution is -0.293. The lowest BCUT2D eigenvalue weighted by Gasteiger charge is -2.70. The lowest BCUT2D eigenvalue weighted by Crippen LogP contribution is -2.75. The van der Waals surface area contributed by atoms with Gasteiger partial charge in [0.2, 0.25) is 0 Å². The van der Waals surface area contributed by atoms with E-state index in [-0.39, 0.29) is 37.1 Å². The summed E-state index contributed by atoms with van der Waals surface area (Å²) in [6, 6.07) is 32.8. The molecule has 4 aliphatic heterocycles. The Balaban J connectivity index is 0.941. The van der Waals surface area contributed by atoms with E-state index in [1.807, 2.05) is 0 Å². The number of amides is 2. The number of ether oxygens (including phenoxy) is 6. The highest BCUT2D eigenvalue weighted by atomic mass is 16.6. The van der Waals surface area contributed by atoms with Gasteiger partial charge in [0.25, 0.3) is 0 Å². The summed E-state index contributed by atoms with van der Waals surface area (Å²) in [5, 5.41) is 0. The van der Waals surface area contributed by atoms with Crippen molar-refractivity contribution in [3.63, 3.8) is 0 Å². The van der Waals surface area contributed by atoms with Crippen molar-refractivity contribution in [3.8, 4) is 0 Å². The molecule has 4 fully saturated rings. The minimum Gasteiger partial charge on any atom is -0.443 e. The molecule has 12 heteroatoms. The minimum absolute atomic E-state index is 0.00284. The number of hydrogen-bond acceptors (Lipinski definition) is 11. The summed E-state index contributed by atoms with van der Waals surface area (Å²) in [6.45, 7) is 16.5. The predicted molar refractivity (Wildman–Crippen MR) is 213 cm³/mol. The van der Waals surface area contributed by atoms with E-state index in [1.165, 1.54) is 16.7 Å². The number of imide groups is 1. The molecule has 0 saturated carbocycles. The molecule has 12 nitrogen and oxygen atoms in total. The highest BCUT2D eigenvalue weighted by molar-refractivity contribution is 5.88. The smallest absolute Gasteiger partial charge is 0.419 e. The van der Waals surface area contributed by atoms with Gasteiger partial charge in [0, 0.05) is 25.0 Å². The second kappa shape index (κ2) is 18.6. The van der Waals surface area contributed by atoms with Gasteiger partial charge < -0.3 is 28.4 Å². The van der Waals surface area contributed by atoms with Crippen molar-refractivity contribution in [2.45, 2.75) is 71.2 Å². The van der Waals surface area contributed by atoms with Crippen molar-refractivity contribution < 1.29 is 38.0 Å². The Morgan fingerprint density at radius 3 is 1.20 bits per heavy atom. The molecule has 7 rings (SSSR count). The van der Waals surface area contributed by atoms with Crippen molar-refractivity contribution in [2.75, 3.05) is 79.0 Å². The summed E-state index contributed by atoms with van der Waals surface area (Å²) in [7, 11) is 0. The standard InChI is InChI=1S/C44H60N4O8/c1-42(2,3)55-40(49)45(41(50)56-43(4,5)6)22-23-51-24-25-52-26-27-53-28-29-54-33-44-30-46-37(34-16-10-7-11-17-34)47(31-44)39(36-20-14-9-15-21-36)48(32-44)38(46)35-18-12-8-13-19-35/h7-21,37-39H,22-33H2,1-6H3. The van der Waals surface area contributed by atoms with Crippen LogP contribution < -0.4 is 0 Å². The third-order valence-corrected chi connectivity index (χ3v) is 9.94. The van der Waals surface area contributed by atoms with E-state index in [0.717, 1.165) is 24.5 Å². The van der Waals surface area contributed by atoms with Crippen LogP contribution in [0, 0.1) is 5.41 Å². The van der Waals surface area contributed by atoms with E-state index in [2.05, 4.69) is 106 Å². The van der Waals surface area contributed by atoms with Crippen molar-refractivity contribution in [1.82, 2.24) is 19.6 Å². The minimum atomic E-state index is -0.774. The van der Waals surface area contributed by atoms with Gasteiger partial charge in [0.1, 0.15) is 11.2 Å². The molecule has 56 heavy (non-hydrogen) atoms. The van der Waals surface area contributed by atoms with Gasteiger partial charge in [0.05, 0.1) is 77.9 Å². The molecule has 3 aromatic carbocycles. The molecular weight excluding hydrogens is 713 g/mol. The molecule has 0 aromatic heterocycles. The first kappa shape index (κ1) is 41.7. The number of nitrogens with zero attached hydrogens (tertiary/aromatic N) is 4. The van der Waals surface area contributed by atoms with Crippen molar-refractivity contribution >= 4 is 12.2 Å². The van der Waals surface area contributed by atoms with E-state index in [9.17, 15) is 9.59 Å². The number of carbonyl (C=O) groups is 2. The van der Waals surface area contributed by atoms with Crippen LogP contribution in [0.15, 0.2) is 91.0 Å². The van der Waals surface area contributed by atoms with Crippen LogP contribution >= 0.6 is 0 Å². The fourth-order valence-electron chi connectivity index (χ4n) is 7.96. The van der Waals surface area contributed by atoms with E-state index < -0.39 is 23.4 Å². The van der Waals surface area contributed by atoms with Gasteiger partial charge >= 0.3 is 12.2 Å². The van der Waals surface area contributed by atoms with Gasteiger partial charge in [-0.1, -0.05) is 91.0 Å². The summed E-state index contributed by atoms with van der Waals surface area (Å²) in [6.07, 6.45) is -1.11. The van der Waals surface area contributed by atoms with E-state index in [0.29, 0.717) is 46.2 Å². The van der Waals surface area contributed by atoms with Crippen LogP contribution in [-0.4, -0.2) is 122 Å². The Morgan fingerprint density at radius 2 is 0.857 bits per heavy atom. The molecule has 0 aliphatic carbocycles. The fourth-order valence-corrected chi connectivity index (χ4v) is 7.96. The van der Waals surface area contributed by atoms with Crippen molar-refractivity contribution in [2.24, 2.45) is 5.41 Å². The second-order valence-electron chi connectivity index (χ2n) is 16.9. The summed E-state index contributed by atoms with van der Waals surface area (Å²) in [4.78, 5) is 34.2. The number of hydrogen-bond donors (Lipinski definition) is 0. The largest absolute Gasteiger partial charge is 0.443 e. The summed E-state index contributed by atoms with van der Waals surface area (Å²) in [5.74, 6) is 0. The van der Waals surface area contributed by atoms with Gasteiger partial charge in [0.15, 0.2) is 0 Å². The molecule has 0 atom stereocenters. The first-order chi connectivity index (χ1) is 26.8. The first-order valence-electron chi connectivity index (χ1n) is 19.8. The third kappa shape index (κ3) is 10.7. The maximum absolute atomic E-state index is 12.6. The Kier molecular flexibility index (Phi) is 13.9. The highest BCUT2D eigenvalue weighted by Gasteiger charge is 2.61. The van der Waals surface area contributed by atoms with Crippen LogP contribution in [0.1, 0.15) is 76.7 Å². The van der Waals surface area contributed by atoms with Crippen molar-refractivity contribution in [1.29, 1.82) is 0 Å². The molecule has 4 heterocycles. The summed E-state index contributed by atoms with van der Waals surface area (Å²) < 4.78 is 34.3. The number of rotatable bonds is 17. The molecule has 4 bridgehead atoms. The predicted octanol–water partition coefficient (Wildman–Crippen LogP) is 7.25. The van der Waals surface area contributed by atoms with E-state index in [1.54, 1.807) is 41.5 Å². The zero-order valence-electron chi connectivity index (χ0n) is 33.9. The highest BCUT2D eigenvalue weighted by Crippen LogP contribution is 2.57. The van der Waals surface area contributed by atoms with Crippen LogP contribution in [0.4, 0.5) is 9.59 Å². The molecule has 0 unspecified atom stereocenters. The first-order valence-corrected chi connectivity index (χ1v) is 19.8. The van der Waals surface area contributed by atoms with Gasteiger partial charge in [-0.2, -0.15) is 0 Å². The maximum atomic E-state index is 12.6. The van der Waals surface area contributed by atoms with Gasteiger partial charge in [-0.05, 0) is 58.2 Å². The van der Waals surface area contributed by atoms with Gasteiger partial charge in [-0.25, -0.2) is 14.5 Å². The molecule has 0 radical (unpaired) electrons. The van der Waals surface area contributed by atoms with Crippen LogP contribution in [0.3, 0.4) is 0 Å². The number of benzene rings is 3. The van der Waals surface area contributed by atoms with E-state index in [4.69, 9.17) is 28.4 Å². The Hall–Kier alpha value is -3.88. The molecule has 0 spiro atoms. The summed E-state index contributed by atoms with van der Waals surface area (Å²) in [5.41, 5.74) is 2.40. The molecular formula is C44H60N4O8. The van der Waals surface area contributed by atoms with Crippen LogP contribution in [0.2, 0.25) is 0 Å². The van der Waals surface area contributed by atoms with E-state index >= 15 is 0 Å². The molecule has 304 valence electrons. The molecule has 2 amide bonds. The average molecular weight is 773 g/mol. The van der Waals surface area contributed by atoms with Gasteiger partial charge in [-0.3, -0.25) is 14.7 Å². The Morgan fingerprint density at radius 1 is 0.536 bits per heavy atom. The van der Waals surface area contributed by atoms with Crippen LogP contribution in [-0.2, 0) is 28.4 Å². The maximum Gasteiger partial charge on any atom is 0.419 e. The zero-order valence-corrected chi connectivity index (χ0v) is 33.9. The normalized spacial score (nSPS) is 25.5. The number of carbonyl (C=O) groups excluding carboxylic acids is 2. The van der Waals surface area contributed by atoms with Crippen molar-refractivity contribution in [3.05, 3.63) is 108 Å². The molecule has 4 aliphatic rings. The SMILES string of the molecule is CC(C)(C)OC(=O)N(CCOCCOCCOCCOCC12CN3C(c4ccccc4)N(C1)C(c1ccccc1)N(C2)C3c1ccccc1)C(=O)OC(C)(C)C. The third-order valence-electron chi connectivity index (χ3n) is 9.94. The van der Waals surface area contributed by atoms with Gasteiger partial charge in [-0.15, -0.1) is 0 Å². The zero-order chi connectivity index (χ0) is 39.8. The van der Waals surface area contributed by atoms with Crippen LogP contribution in [0.25, 0.3) is 0 Å². The molecule has 4 saturated heterocycles. The Labute approximate surface area is 332 Å². The molecule has 3 aromatic rings. The monoisotopic (exact) mass is 772 g/mol. The fraction of sp³-hybridized carbons (Fsp3) is 0.545. The summed E-state index contributed by atoms with van der Waals surface area (Å²) >= 11 is 0.